The van der Waals surface area contributed by atoms with Crippen LogP contribution in [0.2, 0.25) is 0 Å². The molecule has 1 amide bonds. The number of nitrogens with two attached hydrogens (primary N) is 1. The molecule has 0 saturated heterocycles. The number of hydrogen-bond acceptors (Lipinski definition) is 5. The summed E-state index contributed by atoms with van der Waals surface area (Å²) >= 11 is 0. The van der Waals surface area contributed by atoms with Gasteiger partial charge in [-0.1, -0.05) is 6.92 Å². The summed E-state index contributed by atoms with van der Waals surface area (Å²) in [4.78, 5) is 15.8. The van der Waals surface area contributed by atoms with Crippen LogP contribution in [0.4, 0.5) is 5.82 Å². The zero-order valence-electron chi connectivity index (χ0n) is 10.1. The van der Waals surface area contributed by atoms with Gasteiger partial charge in [0, 0.05) is 19.9 Å². The molecule has 1 aromatic rings. The summed E-state index contributed by atoms with van der Waals surface area (Å²) in [6.45, 7) is 3.15. The van der Waals surface area contributed by atoms with E-state index in [1.165, 1.54) is 0 Å². The first-order chi connectivity index (χ1) is 8.19. The second-order valence-electron chi connectivity index (χ2n) is 3.81. The Hall–Kier alpha value is -1.66. The number of hydrazine groups is 1. The summed E-state index contributed by atoms with van der Waals surface area (Å²) in [6, 6.07) is 3.35. The van der Waals surface area contributed by atoms with E-state index in [4.69, 9.17) is 10.6 Å². The standard InChI is InChI=1S/C11H18N4O2/c1-8(7-17-2)6-14-11(16)9-4-3-5-13-10(9)15-12/h3-5,8H,6-7,12H2,1-2H3,(H,13,15)(H,14,16). The average Bonchev–Trinajstić information content (AvgIpc) is 2.36. The first kappa shape index (κ1) is 13.4. The van der Waals surface area contributed by atoms with Gasteiger partial charge in [-0.2, -0.15) is 0 Å². The molecule has 6 heteroatoms. The number of hydrogen-bond donors (Lipinski definition) is 3. The number of nitrogens with one attached hydrogen (secondary N) is 2. The van der Waals surface area contributed by atoms with E-state index in [1.807, 2.05) is 6.92 Å². The highest BCUT2D eigenvalue weighted by Gasteiger charge is 2.12. The van der Waals surface area contributed by atoms with Crippen molar-refractivity contribution in [1.29, 1.82) is 0 Å². The molecule has 0 aliphatic rings. The molecular weight excluding hydrogens is 220 g/mol. The number of aromatic nitrogens is 1. The maximum Gasteiger partial charge on any atom is 0.255 e. The van der Waals surface area contributed by atoms with Crippen LogP contribution in [0, 0.1) is 5.92 Å². The molecule has 1 unspecified atom stereocenters. The van der Waals surface area contributed by atoms with Gasteiger partial charge in [0.05, 0.1) is 12.2 Å². The van der Waals surface area contributed by atoms with Crippen LogP contribution in [0.25, 0.3) is 0 Å². The van der Waals surface area contributed by atoms with Gasteiger partial charge in [0.25, 0.3) is 5.91 Å². The van der Waals surface area contributed by atoms with Crippen molar-refractivity contribution in [3.05, 3.63) is 23.9 Å². The lowest BCUT2D eigenvalue weighted by Crippen LogP contribution is -2.31. The van der Waals surface area contributed by atoms with Gasteiger partial charge in [-0.15, -0.1) is 0 Å². The number of methoxy groups -OCH3 is 1. The number of amides is 1. The molecule has 17 heavy (non-hydrogen) atoms. The Labute approximate surface area is 101 Å². The molecule has 0 fully saturated rings. The van der Waals surface area contributed by atoms with Crippen molar-refractivity contribution in [2.24, 2.45) is 11.8 Å². The van der Waals surface area contributed by atoms with Crippen molar-refractivity contribution in [2.45, 2.75) is 6.92 Å². The van der Waals surface area contributed by atoms with Crippen molar-refractivity contribution >= 4 is 11.7 Å². The molecule has 1 heterocycles. The van der Waals surface area contributed by atoms with Gasteiger partial charge >= 0.3 is 0 Å². The minimum Gasteiger partial charge on any atom is -0.384 e. The molecule has 0 aromatic carbocycles. The zero-order chi connectivity index (χ0) is 12.7. The van der Waals surface area contributed by atoms with E-state index < -0.39 is 0 Å². The molecule has 1 rings (SSSR count). The van der Waals surface area contributed by atoms with Crippen molar-refractivity contribution in [3.63, 3.8) is 0 Å². The quantitative estimate of drug-likeness (QED) is 0.492. The molecule has 0 bridgehead atoms. The monoisotopic (exact) mass is 238 g/mol. The van der Waals surface area contributed by atoms with Crippen LogP contribution in [0.3, 0.4) is 0 Å². The van der Waals surface area contributed by atoms with Crippen LogP contribution in [-0.2, 0) is 4.74 Å². The fourth-order valence-electron chi connectivity index (χ4n) is 1.41. The van der Waals surface area contributed by atoms with Crippen LogP contribution >= 0.6 is 0 Å². The van der Waals surface area contributed by atoms with E-state index in [-0.39, 0.29) is 11.8 Å². The summed E-state index contributed by atoms with van der Waals surface area (Å²) in [5.41, 5.74) is 2.82. The maximum absolute atomic E-state index is 11.8. The lowest BCUT2D eigenvalue weighted by molar-refractivity contribution is 0.0934. The number of pyridine rings is 1. The highest BCUT2D eigenvalue weighted by Crippen LogP contribution is 2.09. The molecule has 0 radical (unpaired) electrons. The minimum absolute atomic E-state index is 0.200. The Balaban J connectivity index is 2.58. The fourth-order valence-corrected chi connectivity index (χ4v) is 1.41. The predicted octanol–water partition coefficient (Wildman–Crippen LogP) is 0.380. The molecule has 0 spiro atoms. The molecule has 0 aliphatic heterocycles. The van der Waals surface area contributed by atoms with Gasteiger partial charge in [-0.05, 0) is 18.1 Å². The second kappa shape index (κ2) is 6.82. The number of nitrogens with zero attached hydrogens (tertiary/aromatic N) is 1. The van der Waals surface area contributed by atoms with E-state index >= 15 is 0 Å². The van der Waals surface area contributed by atoms with E-state index in [1.54, 1.807) is 25.4 Å². The van der Waals surface area contributed by atoms with Gasteiger partial charge in [-0.3, -0.25) is 4.79 Å². The lowest BCUT2D eigenvalue weighted by atomic mass is 10.2. The van der Waals surface area contributed by atoms with Gasteiger partial charge in [0.15, 0.2) is 5.82 Å². The summed E-state index contributed by atoms with van der Waals surface area (Å²) in [6.07, 6.45) is 1.57. The third-order valence-electron chi connectivity index (χ3n) is 2.25. The molecule has 0 aliphatic carbocycles. The highest BCUT2D eigenvalue weighted by molar-refractivity contribution is 5.98. The first-order valence-corrected chi connectivity index (χ1v) is 5.37. The number of nitrogen functional groups attached to an aromatic ring is 1. The molecule has 6 nitrogen and oxygen atoms in total. The smallest absolute Gasteiger partial charge is 0.255 e. The van der Waals surface area contributed by atoms with E-state index in [9.17, 15) is 4.79 Å². The summed E-state index contributed by atoms with van der Waals surface area (Å²) < 4.78 is 4.99. The lowest BCUT2D eigenvalue weighted by Gasteiger charge is -2.12. The Bertz CT molecular complexity index is 370. The SMILES string of the molecule is COCC(C)CNC(=O)c1cccnc1NN. The Morgan fingerprint density at radius 1 is 1.65 bits per heavy atom. The van der Waals surface area contributed by atoms with E-state index in [0.717, 1.165) is 0 Å². The zero-order valence-corrected chi connectivity index (χ0v) is 10.1. The summed E-state index contributed by atoms with van der Waals surface area (Å²) in [5, 5.41) is 2.80. The average molecular weight is 238 g/mol. The van der Waals surface area contributed by atoms with Crippen molar-refractivity contribution < 1.29 is 9.53 Å². The van der Waals surface area contributed by atoms with Crippen molar-refractivity contribution in [2.75, 3.05) is 25.7 Å². The van der Waals surface area contributed by atoms with Crippen LogP contribution in [0.5, 0.6) is 0 Å². The second-order valence-corrected chi connectivity index (χ2v) is 3.81. The molecule has 4 N–H and O–H groups in total. The molecule has 0 saturated carbocycles. The van der Waals surface area contributed by atoms with Crippen LogP contribution in [-0.4, -0.2) is 31.2 Å². The first-order valence-electron chi connectivity index (χ1n) is 5.37. The fraction of sp³-hybridized carbons (Fsp3) is 0.455. The summed E-state index contributed by atoms with van der Waals surface area (Å²) in [5.74, 6) is 5.70. The highest BCUT2D eigenvalue weighted by atomic mass is 16.5. The largest absolute Gasteiger partial charge is 0.384 e. The normalized spacial score (nSPS) is 11.9. The number of anilines is 1. The molecular formula is C11H18N4O2. The van der Waals surface area contributed by atoms with Gasteiger partial charge in [-0.25, -0.2) is 10.8 Å². The number of rotatable bonds is 6. The minimum atomic E-state index is -0.200. The van der Waals surface area contributed by atoms with Gasteiger partial charge in [0.1, 0.15) is 0 Å². The Morgan fingerprint density at radius 2 is 2.41 bits per heavy atom. The predicted molar refractivity (Wildman–Crippen MR) is 65.4 cm³/mol. The molecule has 1 aromatic heterocycles. The number of carbonyl (C=O) groups excluding carboxylic acids is 1. The Kier molecular flexibility index (Phi) is 5.38. The topological polar surface area (TPSA) is 89.3 Å². The van der Waals surface area contributed by atoms with Gasteiger partial charge < -0.3 is 15.5 Å². The Morgan fingerprint density at radius 3 is 3.06 bits per heavy atom. The van der Waals surface area contributed by atoms with E-state index in [2.05, 4.69) is 15.7 Å². The third-order valence-corrected chi connectivity index (χ3v) is 2.25. The molecule has 1 atom stereocenters. The number of ether oxygens (including phenoxy) is 1. The van der Waals surface area contributed by atoms with Crippen molar-refractivity contribution in [1.82, 2.24) is 10.3 Å². The third kappa shape index (κ3) is 4.01. The number of carbonyl (C=O) groups is 1. The molecule has 94 valence electrons. The van der Waals surface area contributed by atoms with Crippen molar-refractivity contribution in [3.8, 4) is 0 Å². The maximum atomic E-state index is 11.8. The summed E-state index contributed by atoms with van der Waals surface area (Å²) in [7, 11) is 1.63. The van der Waals surface area contributed by atoms with Crippen LogP contribution in [0.1, 0.15) is 17.3 Å². The van der Waals surface area contributed by atoms with Gasteiger partial charge in [0.2, 0.25) is 0 Å². The van der Waals surface area contributed by atoms with Crippen LogP contribution in [0.15, 0.2) is 18.3 Å². The van der Waals surface area contributed by atoms with Crippen LogP contribution < -0.4 is 16.6 Å². The van der Waals surface area contributed by atoms with E-state index in [0.29, 0.717) is 24.5 Å².